The number of hydrogen-bond donors (Lipinski definition) is 1. The SMILES string of the molecule is CN=C(NCc1cccc(Cn2cccn2)c1)N(C)Cc1cccn1C.I. The number of hydrogen-bond acceptors (Lipinski definition) is 2. The molecule has 1 aromatic carbocycles. The van der Waals surface area contributed by atoms with E-state index in [1.807, 2.05) is 24.0 Å². The first-order chi connectivity index (χ1) is 12.7. The number of nitrogens with one attached hydrogen (secondary N) is 1. The van der Waals surface area contributed by atoms with Gasteiger partial charge in [0.1, 0.15) is 0 Å². The maximum atomic E-state index is 4.40. The lowest BCUT2D eigenvalue weighted by atomic mass is 10.1. The van der Waals surface area contributed by atoms with Crippen LogP contribution in [0.3, 0.4) is 0 Å². The molecule has 0 fully saturated rings. The highest BCUT2D eigenvalue weighted by Crippen LogP contribution is 2.08. The van der Waals surface area contributed by atoms with Crippen LogP contribution in [0.25, 0.3) is 0 Å². The molecular weight excluding hydrogens is 451 g/mol. The van der Waals surface area contributed by atoms with Gasteiger partial charge in [0.25, 0.3) is 0 Å². The van der Waals surface area contributed by atoms with Gasteiger partial charge < -0.3 is 14.8 Å². The highest BCUT2D eigenvalue weighted by molar-refractivity contribution is 14.0. The minimum atomic E-state index is 0. The van der Waals surface area contributed by atoms with E-state index < -0.39 is 0 Å². The van der Waals surface area contributed by atoms with Crippen LogP contribution < -0.4 is 5.32 Å². The van der Waals surface area contributed by atoms with Crippen LogP contribution in [-0.2, 0) is 26.7 Å². The molecule has 0 saturated carbocycles. The second-order valence-corrected chi connectivity index (χ2v) is 6.39. The average Bonchev–Trinajstić information content (AvgIpc) is 3.28. The molecular formula is C20H27IN6. The highest BCUT2D eigenvalue weighted by Gasteiger charge is 2.08. The molecule has 0 spiro atoms. The molecule has 6 nitrogen and oxygen atoms in total. The van der Waals surface area contributed by atoms with Crippen molar-refractivity contribution in [2.24, 2.45) is 12.0 Å². The zero-order valence-electron chi connectivity index (χ0n) is 16.0. The summed E-state index contributed by atoms with van der Waals surface area (Å²) in [5, 5.41) is 7.72. The molecule has 0 aliphatic heterocycles. The Hall–Kier alpha value is -2.29. The molecule has 0 bridgehead atoms. The Morgan fingerprint density at radius 1 is 1.15 bits per heavy atom. The predicted molar refractivity (Wildman–Crippen MR) is 120 cm³/mol. The number of aryl methyl sites for hydroxylation is 1. The van der Waals surface area contributed by atoms with Crippen LogP contribution in [0.15, 0.2) is 66.0 Å². The van der Waals surface area contributed by atoms with Crippen LogP contribution in [0.4, 0.5) is 0 Å². The molecule has 3 aromatic rings. The number of halogens is 1. The van der Waals surface area contributed by atoms with Crippen molar-refractivity contribution in [2.75, 3.05) is 14.1 Å². The van der Waals surface area contributed by atoms with Gasteiger partial charge >= 0.3 is 0 Å². The lowest BCUT2D eigenvalue weighted by Gasteiger charge is -2.22. The highest BCUT2D eigenvalue weighted by atomic mass is 127. The van der Waals surface area contributed by atoms with Gasteiger partial charge in [0.15, 0.2) is 5.96 Å². The number of guanidine groups is 1. The van der Waals surface area contributed by atoms with Gasteiger partial charge in [0.05, 0.1) is 13.1 Å². The van der Waals surface area contributed by atoms with Crippen molar-refractivity contribution >= 4 is 29.9 Å². The van der Waals surface area contributed by atoms with E-state index in [1.165, 1.54) is 16.8 Å². The quantitative estimate of drug-likeness (QED) is 0.337. The van der Waals surface area contributed by atoms with Gasteiger partial charge in [-0.05, 0) is 29.3 Å². The summed E-state index contributed by atoms with van der Waals surface area (Å²) >= 11 is 0. The van der Waals surface area contributed by atoms with Crippen molar-refractivity contribution in [3.8, 4) is 0 Å². The van der Waals surface area contributed by atoms with E-state index in [9.17, 15) is 0 Å². The molecule has 2 aromatic heterocycles. The summed E-state index contributed by atoms with van der Waals surface area (Å²) < 4.78 is 4.06. The van der Waals surface area contributed by atoms with Crippen molar-refractivity contribution in [3.05, 3.63) is 77.9 Å². The third kappa shape index (κ3) is 5.85. The Morgan fingerprint density at radius 3 is 2.63 bits per heavy atom. The third-order valence-corrected chi connectivity index (χ3v) is 4.37. The smallest absolute Gasteiger partial charge is 0.194 e. The second-order valence-electron chi connectivity index (χ2n) is 6.39. The zero-order valence-corrected chi connectivity index (χ0v) is 18.4. The number of aliphatic imine (C=N–C) groups is 1. The fourth-order valence-electron chi connectivity index (χ4n) is 2.96. The molecule has 0 radical (unpaired) electrons. The Bertz CT molecular complexity index is 853. The first-order valence-corrected chi connectivity index (χ1v) is 8.73. The van der Waals surface area contributed by atoms with Gasteiger partial charge in [-0.3, -0.25) is 9.67 Å². The maximum absolute atomic E-state index is 4.40. The average molecular weight is 478 g/mol. The van der Waals surface area contributed by atoms with E-state index in [0.29, 0.717) is 0 Å². The van der Waals surface area contributed by atoms with E-state index >= 15 is 0 Å². The summed E-state index contributed by atoms with van der Waals surface area (Å²) in [6.45, 7) is 2.32. The molecule has 0 amide bonds. The molecule has 0 aliphatic carbocycles. The van der Waals surface area contributed by atoms with Crippen molar-refractivity contribution in [3.63, 3.8) is 0 Å². The molecule has 7 heteroatoms. The lowest BCUT2D eigenvalue weighted by Crippen LogP contribution is -2.38. The fourth-order valence-corrected chi connectivity index (χ4v) is 2.96. The second kappa shape index (κ2) is 10.1. The minimum Gasteiger partial charge on any atom is -0.353 e. The summed E-state index contributed by atoms with van der Waals surface area (Å²) in [5.74, 6) is 0.878. The first kappa shape index (κ1) is 21.0. The fraction of sp³-hybridized carbons (Fsp3) is 0.300. The Labute approximate surface area is 177 Å². The molecule has 1 N–H and O–H groups in total. The number of benzene rings is 1. The molecule has 27 heavy (non-hydrogen) atoms. The molecule has 0 unspecified atom stereocenters. The predicted octanol–water partition coefficient (Wildman–Crippen LogP) is 3.10. The van der Waals surface area contributed by atoms with Gasteiger partial charge in [-0.1, -0.05) is 24.3 Å². The zero-order chi connectivity index (χ0) is 18.4. The molecule has 0 atom stereocenters. The van der Waals surface area contributed by atoms with Crippen LogP contribution in [-0.4, -0.2) is 39.3 Å². The van der Waals surface area contributed by atoms with E-state index in [1.54, 1.807) is 6.20 Å². The van der Waals surface area contributed by atoms with Crippen molar-refractivity contribution in [1.82, 2.24) is 24.6 Å². The third-order valence-electron chi connectivity index (χ3n) is 4.37. The number of rotatable bonds is 6. The molecule has 2 heterocycles. The minimum absolute atomic E-state index is 0. The lowest BCUT2D eigenvalue weighted by molar-refractivity contribution is 0.461. The van der Waals surface area contributed by atoms with Crippen molar-refractivity contribution in [2.45, 2.75) is 19.6 Å². The Balaban J connectivity index is 0.00000261. The summed E-state index contributed by atoms with van der Waals surface area (Å²) in [6, 6.07) is 14.7. The van der Waals surface area contributed by atoms with E-state index in [2.05, 4.69) is 81.6 Å². The van der Waals surface area contributed by atoms with Gasteiger partial charge in [0, 0.05) is 52.0 Å². The van der Waals surface area contributed by atoms with Gasteiger partial charge in [-0.2, -0.15) is 5.10 Å². The van der Waals surface area contributed by atoms with Crippen molar-refractivity contribution < 1.29 is 0 Å². The summed E-state index contributed by atoms with van der Waals surface area (Å²) in [5.41, 5.74) is 3.71. The first-order valence-electron chi connectivity index (χ1n) is 8.73. The summed E-state index contributed by atoms with van der Waals surface area (Å²) in [7, 11) is 5.93. The van der Waals surface area contributed by atoms with Crippen LogP contribution in [0.5, 0.6) is 0 Å². The van der Waals surface area contributed by atoms with Crippen LogP contribution in [0.1, 0.15) is 16.8 Å². The van der Waals surface area contributed by atoms with Gasteiger partial charge in [-0.15, -0.1) is 24.0 Å². The standard InChI is InChI=1S/C20H26N6.HI/c1-21-20(25(3)16-19-9-5-11-24(19)2)22-14-17-7-4-8-18(13-17)15-26-12-6-10-23-26;/h4-13H,14-16H2,1-3H3,(H,21,22);1H. The maximum Gasteiger partial charge on any atom is 0.194 e. The molecule has 3 rings (SSSR count). The van der Waals surface area contributed by atoms with E-state index in [0.717, 1.165) is 25.6 Å². The molecule has 0 saturated heterocycles. The van der Waals surface area contributed by atoms with E-state index in [4.69, 9.17) is 0 Å². The van der Waals surface area contributed by atoms with Gasteiger partial charge in [-0.25, -0.2) is 0 Å². The summed E-state index contributed by atoms with van der Waals surface area (Å²) in [6.07, 6.45) is 5.84. The number of nitrogens with zero attached hydrogens (tertiary/aromatic N) is 5. The Morgan fingerprint density at radius 2 is 1.96 bits per heavy atom. The monoisotopic (exact) mass is 478 g/mol. The van der Waals surface area contributed by atoms with Gasteiger partial charge in [0.2, 0.25) is 0 Å². The topological polar surface area (TPSA) is 50.4 Å². The van der Waals surface area contributed by atoms with Crippen LogP contribution >= 0.6 is 24.0 Å². The Kier molecular flexibility index (Phi) is 7.90. The molecule has 144 valence electrons. The summed E-state index contributed by atoms with van der Waals surface area (Å²) in [4.78, 5) is 6.53. The largest absolute Gasteiger partial charge is 0.353 e. The van der Waals surface area contributed by atoms with E-state index in [-0.39, 0.29) is 24.0 Å². The van der Waals surface area contributed by atoms with Crippen LogP contribution in [0, 0.1) is 0 Å². The number of aromatic nitrogens is 3. The normalized spacial score (nSPS) is 11.1. The van der Waals surface area contributed by atoms with Crippen LogP contribution in [0.2, 0.25) is 0 Å². The van der Waals surface area contributed by atoms with Crippen molar-refractivity contribution in [1.29, 1.82) is 0 Å². The molecule has 0 aliphatic rings.